The normalized spacial score (nSPS) is 14.1. The van der Waals surface area contributed by atoms with Crippen LogP contribution in [0.3, 0.4) is 0 Å². The number of ether oxygens (including phenoxy) is 1. The highest BCUT2D eigenvalue weighted by atomic mass is 127. The zero-order chi connectivity index (χ0) is 18.7. The monoisotopic (exact) mass is 464 g/mol. The maximum Gasteiger partial charge on any atom is 0.337 e. The van der Waals surface area contributed by atoms with E-state index in [-0.39, 0.29) is 40.1 Å². The lowest BCUT2D eigenvalue weighted by Gasteiger charge is -2.16. The molecule has 1 amide bonds. The van der Waals surface area contributed by atoms with Gasteiger partial charge in [-0.15, -0.1) is 0 Å². The van der Waals surface area contributed by atoms with E-state index in [0.29, 0.717) is 0 Å². The zero-order valence-electron chi connectivity index (χ0n) is 13.0. The summed E-state index contributed by atoms with van der Waals surface area (Å²) in [6, 6.07) is 2.48. The molecule has 1 aliphatic heterocycles. The molecule has 8 nitrogen and oxygen atoms in total. The average molecular weight is 464 g/mol. The number of carboxylic acid groups (broad SMARTS) is 1. The molecule has 134 valence electrons. The predicted molar refractivity (Wildman–Crippen MR) is 92.4 cm³/mol. The highest BCUT2D eigenvalue weighted by Crippen LogP contribution is 2.29. The summed E-state index contributed by atoms with van der Waals surface area (Å²) >= 11 is 1.68. The Bertz CT molecular complexity index is 780. The number of rotatable bonds is 6. The first-order valence-electron chi connectivity index (χ1n) is 7.01. The topological polar surface area (TPSA) is 116 Å². The lowest BCUT2D eigenvalue weighted by Crippen LogP contribution is -2.31. The number of hydrogen-bond acceptors (Lipinski definition) is 6. The minimum absolute atomic E-state index is 0.0366. The Morgan fingerprint density at radius 3 is 2.68 bits per heavy atom. The quantitative estimate of drug-likeness (QED) is 0.422. The maximum atomic E-state index is 14.4. The highest BCUT2D eigenvalue weighted by molar-refractivity contribution is 14.1. The summed E-state index contributed by atoms with van der Waals surface area (Å²) in [6.07, 6.45) is 0. The molecule has 1 aromatic rings. The largest absolute Gasteiger partial charge is 0.478 e. The molecule has 1 aromatic carbocycles. The van der Waals surface area contributed by atoms with Gasteiger partial charge in [0.25, 0.3) is 5.91 Å². The summed E-state index contributed by atoms with van der Waals surface area (Å²) in [4.78, 5) is 36.8. The van der Waals surface area contributed by atoms with E-state index in [1.54, 1.807) is 22.6 Å². The van der Waals surface area contributed by atoms with Crippen LogP contribution in [0, 0.1) is 9.39 Å². The van der Waals surface area contributed by atoms with Gasteiger partial charge in [-0.2, -0.15) is 0 Å². The van der Waals surface area contributed by atoms with Gasteiger partial charge in [-0.3, -0.25) is 4.79 Å². The van der Waals surface area contributed by atoms with Gasteiger partial charge in [0.1, 0.15) is 5.70 Å². The molecule has 0 aliphatic carbocycles. The van der Waals surface area contributed by atoms with E-state index in [2.05, 4.69) is 10.1 Å². The number of carbonyl (C=O) groups excluding carboxylic acids is 2. The molecule has 0 unspecified atom stereocenters. The van der Waals surface area contributed by atoms with Gasteiger partial charge in [0, 0.05) is 6.54 Å². The van der Waals surface area contributed by atoms with Gasteiger partial charge in [0.15, 0.2) is 5.82 Å². The Morgan fingerprint density at radius 1 is 1.44 bits per heavy atom. The number of benzene rings is 1. The summed E-state index contributed by atoms with van der Waals surface area (Å²) in [6.45, 7) is -0.501. The minimum atomic E-state index is -1.39. The van der Waals surface area contributed by atoms with Crippen LogP contribution in [-0.4, -0.2) is 59.8 Å². The molecule has 0 spiro atoms. The number of nitrogens with one attached hydrogen (secondary N) is 1. The fourth-order valence-electron chi connectivity index (χ4n) is 2.33. The molecule has 10 heteroatoms. The number of halogens is 2. The smallest absolute Gasteiger partial charge is 0.337 e. The van der Waals surface area contributed by atoms with Crippen LogP contribution in [0.4, 0.5) is 10.1 Å². The number of methoxy groups -OCH3 is 1. The van der Waals surface area contributed by atoms with E-state index in [4.69, 9.17) is 5.11 Å². The molecule has 1 heterocycles. The van der Waals surface area contributed by atoms with E-state index in [1.807, 2.05) is 0 Å². The van der Waals surface area contributed by atoms with E-state index in [0.717, 1.165) is 7.11 Å². The van der Waals surface area contributed by atoms with Gasteiger partial charge in [-0.05, 0) is 34.7 Å². The van der Waals surface area contributed by atoms with Gasteiger partial charge >= 0.3 is 11.9 Å². The fraction of sp³-hybridized carbons (Fsp3) is 0.267. The van der Waals surface area contributed by atoms with Crippen molar-refractivity contribution >= 4 is 46.1 Å². The molecule has 25 heavy (non-hydrogen) atoms. The molecule has 0 radical (unpaired) electrons. The fourth-order valence-corrected chi connectivity index (χ4v) is 2.77. The molecule has 0 saturated carbocycles. The van der Waals surface area contributed by atoms with Crippen LogP contribution >= 0.6 is 22.6 Å². The van der Waals surface area contributed by atoms with Crippen molar-refractivity contribution in [1.82, 2.24) is 4.90 Å². The Hall–Kier alpha value is -2.21. The summed E-state index contributed by atoms with van der Waals surface area (Å²) < 4.78 is 19.2. The molecular formula is C15H14FIN2O6. The standard InChI is InChI=1S/C15H14FIN2O6/c1-25-15(24)8-6-19(4-5-20)13(21)12(8)18-11-7(14(22)23)2-3-9(17)10(11)16/h2-3,18,20H,4-6H2,1H3,(H,22,23). The van der Waals surface area contributed by atoms with Crippen molar-refractivity contribution < 1.29 is 33.7 Å². The first-order chi connectivity index (χ1) is 11.8. The number of carboxylic acids is 1. The predicted octanol–water partition coefficient (Wildman–Crippen LogP) is 0.802. The van der Waals surface area contributed by atoms with Crippen LogP contribution in [-0.2, 0) is 14.3 Å². The molecule has 0 saturated heterocycles. The number of amides is 1. The number of aliphatic hydroxyl groups is 1. The Labute approximate surface area is 155 Å². The van der Waals surface area contributed by atoms with Crippen molar-refractivity contribution in [3.8, 4) is 0 Å². The highest BCUT2D eigenvalue weighted by Gasteiger charge is 2.35. The molecule has 0 fully saturated rings. The van der Waals surface area contributed by atoms with Crippen molar-refractivity contribution in [2.45, 2.75) is 0 Å². The van der Waals surface area contributed by atoms with Crippen LogP contribution in [0.25, 0.3) is 0 Å². The molecule has 3 N–H and O–H groups in total. The summed E-state index contributed by atoms with van der Waals surface area (Å²) in [5, 5.41) is 20.7. The second-order valence-corrected chi connectivity index (χ2v) is 6.17. The number of carbonyl (C=O) groups is 3. The summed E-state index contributed by atoms with van der Waals surface area (Å²) in [7, 11) is 1.13. The van der Waals surface area contributed by atoms with Crippen LogP contribution in [0.5, 0.6) is 0 Å². The van der Waals surface area contributed by atoms with Crippen LogP contribution < -0.4 is 5.32 Å². The number of aromatic carboxylic acids is 1. The molecule has 1 aliphatic rings. The van der Waals surface area contributed by atoms with Crippen molar-refractivity contribution in [2.24, 2.45) is 0 Å². The Balaban J connectivity index is 2.52. The lowest BCUT2D eigenvalue weighted by molar-refractivity contribution is -0.136. The van der Waals surface area contributed by atoms with Crippen LogP contribution in [0.1, 0.15) is 10.4 Å². The number of anilines is 1. The maximum absolute atomic E-state index is 14.4. The first-order valence-corrected chi connectivity index (χ1v) is 8.09. The number of esters is 1. The third-order valence-electron chi connectivity index (χ3n) is 3.53. The molecular weight excluding hydrogens is 450 g/mol. The van der Waals surface area contributed by atoms with Crippen molar-refractivity contribution in [3.63, 3.8) is 0 Å². The second kappa shape index (κ2) is 7.78. The minimum Gasteiger partial charge on any atom is -0.478 e. The number of β-amino-alcohol motifs (C(OH)–C–C–N with tert-alkyl or cyclic N) is 1. The summed E-state index contributed by atoms with van der Waals surface area (Å²) in [5.74, 6) is -3.72. The van der Waals surface area contributed by atoms with E-state index >= 15 is 0 Å². The van der Waals surface area contributed by atoms with Gasteiger partial charge in [0.2, 0.25) is 0 Å². The number of nitrogens with zero attached hydrogens (tertiary/aromatic N) is 1. The van der Waals surface area contributed by atoms with Crippen LogP contribution in [0.2, 0.25) is 0 Å². The molecule has 2 rings (SSSR count). The number of aliphatic hydroxyl groups excluding tert-OH is 1. The van der Waals surface area contributed by atoms with Crippen molar-refractivity contribution in [1.29, 1.82) is 0 Å². The average Bonchev–Trinajstić information content (AvgIpc) is 2.88. The van der Waals surface area contributed by atoms with Gasteiger partial charge in [-0.1, -0.05) is 0 Å². The zero-order valence-corrected chi connectivity index (χ0v) is 15.2. The SMILES string of the molecule is COC(=O)C1=C(Nc2c(C(=O)O)ccc(I)c2F)C(=O)N(CCO)C1. The molecule has 0 atom stereocenters. The van der Waals surface area contributed by atoms with E-state index in [1.165, 1.54) is 17.0 Å². The first kappa shape index (κ1) is 19.1. The van der Waals surface area contributed by atoms with Gasteiger partial charge < -0.3 is 25.2 Å². The van der Waals surface area contributed by atoms with Crippen LogP contribution in [0.15, 0.2) is 23.4 Å². The lowest BCUT2D eigenvalue weighted by atomic mass is 10.1. The Kier molecular flexibility index (Phi) is 5.95. The molecule has 0 bridgehead atoms. The Morgan fingerprint density at radius 2 is 2.12 bits per heavy atom. The summed E-state index contributed by atoms with van der Waals surface area (Å²) in [5.41, 5.74) is -1.16. The van der Waals surface area contributed by atoms with E-state index in [9.17, 15) is 23.9 Å². The van der Waals surface area contributed by atoms with Crippen molar-refractivity contribution in [3.05, 3.63) is 38.4 Å². The third-order valence-corrected chi connectivity index (χ3v) is 4.36. The van der Waals surface area contributed by atoms with E-state index < -0.39 is 29.4 Å². The third kappa shape index (κ3) is 3.74. The second-order valence-electron chi connectivity index (χ2n) is 5.01. The number of hydrogen-bond donors (Lipinski definition) is 3. The molecule has 0 aromatic heterocycles. The van der Waals surface area contributed by atoms with Crippen molar-refractivity contribution in [2.75, 3.05) is 32.1 Å². The van der Waals surface area contributed by atoms with Gasteiger partial charge in [-0.25, -0.2) is 14.0 Å². The van der Waals surface area contributed by atoms with Gasteiger partial charge in [0.05, 0.1) is 40.7 Å².